The molecule has 72 valence electrons. The smallest absolute Gasteiger partial charge is 0.215 e. The SMILES string of the molecule is C=CCS(=O)(=O)NCc1ncn[nH]1. The van der Waals surface area contributed by atoms with Crippen LogP contribution < -0.4 is 4.72 Å². The van der Waals surface area contributed by atoms with Gasteiger partial charge in [0.25, 0.3) is 0 Å². The first-order valence-electron chi connectivity index (χ1n) is 3.56. The van der Waals surface area contributed by atoms with E-state index in [4.69, 9.17) is 0 Å². The van der Waals surface area contributed by atoms with E-state index in [1.165, 1.54) is 12.4 Å². The average Bonchev–Trinajstić information content (AvgIpc) is 2.52. The highest BCUT2D eigenvalue weighted by molar-refractivity contribution is 7.89. The zero-order valence-corrected chi connectivity index (χ0v) is 7.71. The molecule has 0 aliphatic heterocycles. The zero-order valence-electron chi connectivity index (χ0n) is 6.90. The van der Waals surface area contributed by atoms with Crippen LogP contribution >= 0.6 is 0 Å². The van der Waals surface area contributed by atoms with E-state index in [1.54, 1.807) is 0 Å². The van der Waals surface area contributed by atoms with E-state index < -0.39 is 10.0 Å². The highest BCUT2D eigenvalue weighted by atomic mass is 32.2. The molecule has 2 N–H and O–H groups in total. The first-order valence-corrected chi connectivity index (χ1v) is 5.22. The van der Waals surface area contributed by atoms with Crippen molar-refractivity contribution in [3.63, 3.8) is 0 Å². The lowest BCUT2D eigenvalue weighted by Crippen LogP contribution is -2.25. The Labute approximate surface area is 76.1 Å². The molecule has 1 aromatic rings. The molecule has 0 fully saturated rings. The Balaban J connectivity index is 2.47. The fraction of sp³-hybridized carbons (Fsp3) is 0.333. The van der Waals surface area contributed by atoms with Crippen molar-refractivity contribution < 1.29 is 8.42 Å². The molecule has 0 saturated heterocycles. The maximum Gasteiger partial charge on any atom is 0.215 e. The molecule has 0 amide bonds. The van der Waals surface area contributed by atoms with Crippen molar-refractivity contribution in [2.24, 2.45) is 0 Å². The third-order valence-electron chi connectivity index (χ3n) is 1.26. The summed E-state index contributed by atoms with van der Waals surface area (Å²) in [4.78, 5) is 3.76. The Bertz CT molecular complexity index is 356. The van der Waals surface area contributed by atoms with Gasteiger partial charge >= 0.3 is 0 Å². The standard InChI is InChI=1S/C6H10N4O2S/c1-2-3-13(11,12)9-4-6-7-5-8-10-6/h2,5,9H,1,3-4H2,(H,7,8,10). The molecule has 0 radical (unpaired) electrons. The summed E-state index contributed by atoms with van der Waals surface area (Å²) in [6.45, 7) is 3.46. The average molecular weight is 202 g/mol. The van der Waals surface area contributed by atoms with Crippen LogP contribution in [0.25, 0.3) is 0 Å². The number of rotatable bonds is 5. The van der Waals surface area contributed by atoms with Crippen LogP contribution in [0, 0.1) is 0 Å². The number of nitrogens with zero attached hydrogens (tertiary/aromatic N) is 2. The second-order valence-electron chi connectivity index (χ2n) is 2.32. The molecule has 1 aromatic heterocycles. The molecule has 1 rings (SSSR count). The largest absolute Gasteiger partial charge is 0.262 e. The normalized spacial score (nSPS) is 11.4. The third kappa shape index (κ3) is 3.34. The first-order chi connectivity index (χ1) is 6.14. The monoisotopic (exact) mass is 202 g/mol. The van der Waals surface area contributed by atoms with Gasteiger partial charge in [-0.2, -0.15) is 5.10 Å². The van der Waals surface area contributed by atoms with Gasteiger partial charge in [-0.05, 0) is 0 Å². The van der Waals surface area contributed by atoms with Crippen molar-refractivity contribution in [3.8, 4) is 0 Å². The lowest BCUT2D eigenvalue weighted by Gasteiger charge is -2.00. The van der Waals surface area contributed by atoms with E-state index in [-0.39, 0.29) is 12.3 Å². The molecule has 0 unspecified atom stereocenters. The van der Waals surface area contributed by atoms with Crippen molar-refractivity contribution in [3.05, 3.63) is 24.8 Å². The minimum absolute atomic E-state index is 0.0961. The summed E-state index contributed by atoms with van der Waals surface area (Å²) in [6, 6.07) is 0. The van der Waals surface area contributed by atoms with E-state index >= 15 is 0 Å². The highest BCUT2D eigenvalue weighted by Gasteiger charge is 2.07. The number of aromatic nitrogens is 3. The molecule has 0 aliphatic carbocycles. The Hall–Kier alpha value is -1.21. The lowest BCUT2D eigenvalue weighted by molar-refractivity contribution is 0.582. The quantitative estimate of drug-likeness (QED) is 0.625. The number of hydrogen-bond donors (Lipinski definition) is 2. The van der Waals surface area contributed by atoms with Gasteiger partial charge in [0.2, 0.25) is 10.0 Å². The summed E-state index contributed by atoms with van der Waals surface area (Å²) in [6.07, 6.45) is 2.64. The van der Waals surface area contributed by atoms with Crippen molar-refractivity contribution in [2.75, 3.05) is 5.75 Å². The minimum Gasteiger partial charge on any atom is -0.262 e. The van der Waals surface area contributed by atoms with E-state index in [9.17, 15) is 8.42 Å². The van der Waals surface area contributed by atoms with Gasteiger partial charge in [0.1, 0.15) is 12.2 Å². The van der Waals surface area contributed by atoms with Gasteiger partial charge in [-0.15, -0.1) is 6.58 Å². The van der Waals surface area contributed by atoms with Crippen LogP contribution in [0.4, 0.5) is 0 Å². The molecule has 1 heterocycles. The molecule has 0 bridgehead atoms. The number of sulfonamides is 1. The fourth-order valence-corrected chi connectivity index (χ4v) is 1.49. The number of aromatic amines is 1. The number of nitrogens with one attached hydrogen (secondary N) is 2. The van der Waals surface area contributed by atoms with E-state index in [2.05, 4.69) is 26.5 Å². The second kappa shape index (κ2) is 4.15. The Morgan fingerprint density at radius 2 is 2.46 bits per heavy atom. The van der Waals surface area contributed by atoms with Crippen molar-refractivity contribution >= 4 is 10.0 Å². The van der Waals surface area contributed by atoms with Crippen LogP contribution in [-0.4, -0.2) is 29.4 Å². The van der Waals surface area contributed by atoms with Crippen molar-refractivity contribution in [1.29, 1.82) is 0 Å². The molecule has 0 atom stereocenters. The van der Waals surface area contributed by atoms with Crippen molar-refractivity contribution in [2.45, 2.75) is 6.54 Å². The summed E-state index contributed by atoms with van der Waals surface area (Å²) in [5, 5.41) is 6.12. The predicted molar refractivity (Wildman–Crippen MR) is 47.2 cm³/mol. The van der Waals surface area contributed by atoms with E-state index in [0.717, 1.165) is 0 Å². The van der Waals surface area contributed by atoms with Crippen LogP contribution in [0.5, 0.6) is 0 Å². The first kappa shape index (κ1) is 9.87. The molecule has 6 nitrogen and oxygen atoms in total. The van der Waals surface area contributed by atoms with Gasteiger partial charge in [-0.3, -0.25) is 5.10 Å². The maximum absolute atomic E-state index is 11.1. The van der Waals surface area contributed by atoms with Gasteiger partial charge in [0.15, 0.2) is 0 Å². The minimum atomic E-state index is -3.26. The predicted octanol–water partition coefficient (Wildman–Crippen LogP) is -0.590. The summed E-state index contributed by atoms with van der Waals surface area (Å²) < 4.78 is 24.5. The lowest BCUT2D eigenvalue weighted by atomic mass is 10.6. The Kier molecular flexibility index (Phi) is 3.15. The van der Waals surface area contributed by atoms with Crippen LogP contribution in [-0.2, 0) is 16.6 Å². The van der Waals surface area contributed by atoms with Crippen LogP contribution in [0.2, 0.25) is 0 Å². The summed E-state index contributed by atoms with van der Waals surface area (Å²) in [5.74, 6) is 0.383. The van der Waals surface area contributed by atoms with Crippen LogP contribution in [0.1, 0.15) is 5.82 Å². The fourth-order valence-electron chi connectivity index (χ4n) is 0.708. The van der Waals surface area contributed by atoms with E-state index in [1.807, 2.05) is 0 Å². The van der Waals surface area contributed by atoms with Gasteiger partial charge in [-0.1, -0.05) is 6.08 Å². The number of H-pyrrole nitrogens is 1. The molecule has 0 saturated carbocycles. The molecular formula is C6H10N4O2S. The summed E-state index contributed by atoms with van der Waals surface area (Å²) in [5.41, 5.74) is 0. The number of hydrogen-bond acceptors (Lipinski definition) is 4. The van der Waals surface area contributed by atoms with Gasteiger partial charge in [0, 0.05) is 0 Å². The third-order valence-corrected chi connectivity index (χ3v) is 2.52. The van der Waals surface area contributed by atoms with Crippen LogP contribution in [0.3, 0.4) is 0 Å². The van der Waals surface area contributed by atoms with Gasteiger partial charge in [-0.25, -0.2) is 18.1 Å². The molecule has 0 aromatic carbocycles. The summed E-state index contributed by atoms with van der Waals surface area (Å²) >= 11 is 0. The second-order valence-corrected chi connectivity index (χ2v) is 4.17. The molecule has 0 spiro atoms. The molecule has 13 heavy (non-hydrogen) atoms. The highest BCUT2D eigenvalue weighted by Crippen LogP contribution is 1.89. The molecule has 7 heteroatoms. The van der Waals surface area contributed by atoms with Gasteiger partial charge < -0.3 is 0 Å². The summed E-state index contributed by atoms with van der Waals surface area (Å²) in [7, 11) is -3.26. The Morgan fingerprint density at radius 3 is 3.00 bits per heavy atom. The van der Waals surface area contributed by atoms with Gasteiger partial charge in [0.05, 0.1) is 12.3 Å². The molecular weight excluding hydrogens is 192 g/mol. The van der Waals surface area contributed by atoms with Crippen molar-refractivity contribution in [1.82, 2.24) is 19.9 Å². The van der Waals surface area contributed by atoms with E-state index in [0.29, 0.717) is 5.82 Å². The topological polar surface area (TPSA) is 87.7 Å². The Morgan fingerprint density at radius 1 is 1.69 bits per heavy atom. The zero-order chi connectivity index (χ0) is 9.73. The van der Waals surface area contributed by atoms with Crippen LogP contribution in [0.15, 0.2) is 19.0 Å². The molecule has 0 aliphatic rings. The maximum atomic E-state index is 11.1.